The minimum Gasteiger partial charge on any atom is -0.480 e. The van der Waals surface area contributed by atoms with Crippen molar-refractivity contribution in [1.82, 2.24) is 26.6 Å². The number of ether oxygens (including phenoxy) is 2. The number of aliphatic carboxylic acids is 1. The van der Waals surface area contributed by atoms with Crippen molar-refractivity contribution in [2.75, 3.05) is 39.6 Å². The first kappa shape index (κ1) is 34.3. The first-order chi connectivity index (χ1) is 22.7. The number of imide groups is 1. The van der Waals surface area contributed by atoms with Crippen LogP contribution in [0.3, 0.4) is 0 Å². The van der Waals surface area contributed by atoms with Crippen molar-refractivity contribution >= 4 is 35.7 Å². The van der Waals surface area contributed by atoms with Crippen molar-refractivity contribution in [3.05, 3.63) is 95.6 Å². The second-order valence-electron chi connectivity index (χ2n) is 10.5. The molecule has 0 fully saturated rings. The van der Waals surface area contributed by atoms with E-state index in [9.17, 15) is 28.8 Å². The molecule has 5 amide bonds. The van der Waals surface area contributed by atoms with Crippen LogP contribution in [0.1, 0.15) is 22.6 Å². The smallest absolute Gasteiger partial charge is 0.407 e. The molecule has 4 rings (SSSR count). The van der Waals surface area contributed by atoms with Crippen molar-refractivity contribution in [2.45, 2.75) is 18.4 Å². The van der Waals surface area contributed by atoms with Gasteiger partial charge >= 0.3 is 12.1 Å². The highest BCUT2D eigenvalue weighted by atomic mass is 16.5. The third kappa shape index (κ3) is 10.5. The number of alkyl carbamates (subject to hydrolysis) is 1. The topological polar surface area (TPSA) is 201 Å². The maximum atomic E-state index is 12.8. The molecule has 0 aliphatic heterocycles. The van der Waals surface area contributed by atoms with Gasteiger partial charge in [0.2, 0.25) is 23.6 Å². The Labute approximate surface area is 270 Å². The van der Waals surface area contributed by atoms with Crippen LogP contribution < -0.4 is 26.6 Å². The third-order valence-corrected chi connectivity index (χ3v) is 7.10. The average Bonchev–Trinajstić information content (AvgIpc) is 3.38. The number of carboxylic acids is 1. The second-order valence-corrected chi connectivity index (χ2v) is 10.5. The summed E-state index contributed by atoms with van der Waals surface area (Å²) in [6, 6.07) is 23.4. The van der Waals surface area contributed by atoms with Crippen molar-refractivity contribution in [1.29, 1.82) is 0 Å². The Bertz CT molecular complexity index is 1550. The fourth-order valence-corrected chi connectivity index (χ4v) is 4.99. The van der Waals surface area contributed by atoms with Gasteiger partial charge in [-0.15, -0.1) is 0 Å². The summed E-state index contributed by atoms with van der Waals surface area (Å²) < 4.78 is 10.2. The van der Waals surface area contributed by atoms with Crippen LogP contribution in [0, 0.1) is 0 Å². The first-order valence-electron chi connectivity index (χ1n) is 14.7. The number of benzene rings is 3. The lowest BCUT2D eigenvalue weighted by atomic mass is 9.98. The van der Waals surface area contributed by atoms with Crippen molar-refractivity contribution < 1.29 is 43.3 Å². The van der Waals surface area contributed by atoms with E-state index >= 15 is 0 Å². The molecule has 0 radical (unpaired) electrons. The Morgan fingerprint density at radius 2 is 1.34 bits per heavy atom. The molecule has 0 saturated heterocycles. The van der Waals surface area contributed by atoms with Gasteiger partial charge in [0, 0.05) is 12.3 Å². The summed E-state index contributed by atoms with van der Waals surface area (Å²) in [7, 11) is 0. The maximum Gasteiger partial charge on any atom is 0.407 e. The van der Waals surface area contributed by atoms with Gasteiger partial charge in [0.15, 0.2) is 0 Å². The SMILES string of the molecule is O=C(O)COCNCC(=O)NC(=O)[C@H](Cc1ccccc1)NC(=O)CNC(=O)CNC(=O)OCC1c2ccccc2-c2ccccc21. The molecule has 0 unspecified atom stereocenters. The molecule has 0 bridgehead atoms. The number of carbonyl (C=O) groups excluding carboxylic acids is 5. The number of carbonyl (C=O) groups is 6. The third-order valence-electron chi connectivity index (χ3n) is 7.10. The lowest BCUT2D eigenvalue weighted by Crippen LogP contribution is -2.53. The van der Waals surface area contributed by atoms with E-state index in [1.165, 1.54) is 0 Å². The van der Waals surface area contributed by atoms with Crippen molar-refractivity contribution in [3.63, 3.8) is 0 Å². The molecule has 14 heteroatoms. The van der Waals surface area contributed by atoms with Crippen LogP contribution >= 0.6 is 0 Å². The van der Waals surface area contributed by atoms with Gasteiger partial charge in [-0.2, -0.15) is 0 Å². The second kappa shape index (κ2) is 17.2. The molecule has 3 aromatic carbocycles. The summed E-state index contributed by atoms with van der Waals surface area (Å²) in [4.78, 5) is 72.9. The van der Waals surface area contributed by atoms with Crippen LogP contribution in [0.4, 0.5) is 4.79 Å². The molecule has 3 aromatic rings. The molecule has 0 saturated carbocycles. The van der Waals surface area contributed by atoms with Crippen LogP contribution in [0.25, 0.3) is 11.1 Å². The molecular formula is C33H35N5O9. The molecule has 0 aromatic heterocycles. The molecule has 0 heterocycles. The number of carboxylic acid groups (broad SMARTS) is 1. The Morgan fingerprint density at radius 1 is 0.723 bits per heavy atom. The number of hydrogen-bond donors (Lipinski definition) is 6. The van der Waals surface area contributed by atoms with Gasteiger partial charge in [-0.05, 0) is 27.8 Å². The monoisotopic (exact) mass is 645 g/mol. The van der Waals surface area contributed by atoms with E-state index in [1.807, 2.05) is 48.5 Å². The summed E-state index contributed by atoms with van der Waals surface area (Å²) in [6.07, 6.45) is -0.739. The van der Waals surface area contributed by atoms with Crippen LogP contribution in [-0.4, -0.2) is 86.4 Å². The Kier molecular flexibility index (Phi) is 12.5. The van der Waals surface area contributed by atoms with Gasteiger partial charge < -0.3 is 30.5 Å². The fraction of sp³-hybridized carbons (Fsp3) is 0.273. The van der Waals surface area contributed by atoms with E-state index in [2.05, 4.69) is 26.6 Å². The first-order valence-corrected chi connectivity index (χ1v) is 14.7. The molecule has 6 N–H and O–H groups in total. The van der Waals surface area contributed by atoms with E-state index < -0.39 is 61.4 Å². The summed E-state index contributed by atoms with van der Waals surface area (Å²) in [5, 5.41) is 20.5. The Hall–Kier alpha value is -5.60. The lowest BCUT2D eigenvalue weighted by molar-refractivity contribution is -0.142. The van der Waals surface area contributed by atoms with Crippen molar-refractivity contribution in [2.24, 2.45) is 0 Å². The molecule has 0 spiro atoms. The van der Waals surface area contributed by atoms with E-state index in [-0.39, 0.29) is 32.2 Å². The Morgan fingerprint density at radius 3 is 2.00 bits per heavy atom. The largest absolute Gasteiger partial charge is 0.480 e. The number of nitrogens with one attached hydrogen (secondary N) is 5. The van der Waals surface area contributed by atoms with Gasteiger partial charge in [-0.3, -0.25) is 29.8 Å². The highest BCUT2D eigenvalue weighted by Gasteiger charge is 2.29. The number of hydrogen-bond acceptors (Lipinski definition) is 9. The summed E-state index contributed by atoms with van der Waals surface area (Å²) >= 11 is 0. The predicted octanol–water partition coefficient (Wildman–Crippen LogP) is 0.660. The van der Waals surface area contributed by atoms with E-state index in [0.29, 0.717) is 5.56 Å². The highest BCUT2D eigenvalue weighted by molar-refractivity contribution is 6.00. The molecule has 1 aliphatic carbocycles. The average molecular weight is 646 g/mol. The number of amides is 5. The fourth-order valence-electron chi connectivity index (χ4n) is 4.99. The summed E-state index contributed by atoms with van der Waals surface area (Å²) in [6.45, 7) is -2.00. The van der Waals surface area contributed by atoms with Crippen LogP contribution in [0.2, 0.25) is 0 Å². The summed E-state index contributed by atoms with van der Waals surface area (Å²) in [5.41, 5.74) is 4.97. The molecule has 246 valence electrons. The minimum absolute atomic E-state index is 0.0537. The van der Waals surface area contributed by atoms with Crippen LogP contribution in [0.15, 0.2) is 78.9 Å². The number of rotatable bonds is 16. The molecule has 14 nitrogen and oxygen atoms in total. The zero-order valence-corrected chi connectivity index (χ0v) is 25.3. The van der Waals surface area contributed by atoms with Crippen molar-refractivity contribution in [3.8, 4) is 11.1 Å². The van der Waals surface area contributed by atoms with E-state index in [4.69, 9.17) is 14.6 Å². The summed E-state index contributed by atoms with van der Waals surface area (Å²) in [5.74, 6) is -4.20. The van der Waals surface area contributed by atoms with E-state index in [0.717, 1.165) is 22.3 Å². The van der Waals surface area contributed by atoms with Crippen LogP contribution in [0.5, 0.6) is 0 Å². The highest BCUT2D eigenvalue weighted by Crippen LogP contribution is 2.44. The molecular weight excluding hydrogens is 610 g/mol. The zero-order valence-electron chi connectivity index (χ0n) is 25.3. The molecule has 47 heavy (non-hydrogen) atoms. The number of fused-ring (bicyclic) bond motifs is 3. The predicted molar refractivity (Wildman–Crippen MR) is 168 cm³/mol. The van der Waals surface area contributed by atoms with Gasteiger partial charge in [-0.25, -0.2) is 9.59 Å². The van der Waals surface area contributed by atoms with E-state index in [1.54, 1.807) is 30.3 Å². The minimum atomic E-state index is -1.17. The van der Waals surface area contributed by atoms with Gasteiger partial charge in [0.25, 0.3) is 0 Å². The lowest BCUT2D eigenvalue weighted by Gasteiger charge is -2.18. The van der Waals surface area contributed by atoms with Crippen LogP contribution in [-0.2, 0) is 39.9 Å². The standard InChI is InChI=1S/C33H35N5O9/c39-28(16-36-33(45)47-18-26-24-12-6-4-10-22(24)23-11-5-7-13-25(23)26)35-17-30(41)37-27(14-21-8-2-1-3-9-21)32(44)38-29(40)15-34-20-46-19-31(42)43/h1-13,26-27,34H,14-20H2,(H,35,39)(H,36,45)(H,37,41)(H,42,43)(H,38,40,44)/t27-/m0/s1. The molecule has 1 atom stereocenters. The molecule has 1 aliphatic rings. The van der Waals surface area contributed by atoms with Gasteiger partial charge in [-0.1, -0.05) is 78.9 Å². The Balaban J connectivity index is 1.20. The van der Waals surface area contributed by atoms with Gasteiger partial charge in [0.05, 0.1) is 19.8 Å². The normalized spacial score (nSPS) is 12.2. The quantitative estimate of drug-likeness (QED) is 0.0950. The van der Waals surface area contributed by atoms with Gasteiger partial charge in [0.1, 0.15) is 25.8 Å². The maximum absolute atomic E-state index is 12.8. The zero-order chi connectivity index (χ0) is 33.6.